The van der Waals surface area contributed by atoms with E-state index in [0.29, 0.717) is 6.04 Å². The summed E-state index contributed by atoms with van der Waals surface area (Å²) >= 11 is 0. The third kappa shape index (κ3) is 5.81. The molecule has 0 amide bonds. The fourth-order valence-electron chi connectivity index (χ4n) is 5.16. The highest BCUT2D eigenvalue weighted by molar-refractivity contribution is 5.79. The maximum atomic E-state index is 5.60. The van der Waals surface area contributed by atoms with E-state index in [1.54, 1.807) is 7.11 Å². The molecule has 0 spiro atoms. The van der Waals surface area contributed by atoms with E-state index in [0.717, 1.165) is 58.5 Å². The summed E-state index contributed by atoms with van der Waals surface area (Å²) < 4.78 is 10.9. The van der Waals surface area contributed by atoms with Gasteiger partial charge in [-0.3, -0.25) is 14.8 Å². The Morgan fingerprint density at radius 3 is 2.61 bits per heavy atom. The van der Waals surface area contributed by atoms with E-state index in [4.69, 9.17) is 9.47 Å². The minimum atomic E-state index is 0.261. The van der Waals surface area contributed by atoms with Crippen molar-refractivity contribution in [2.75, 3.05) is 73.2 Å². The van der Waals surface area contributed by atoms with Crippen LogP contribution in [-0.4, -0.2) is 101 Å². The molecular formula is C21H41N5O2. The number of ether oxygens (including phenoxy) is 2. The van der Waals surface area contributed by atoms with Crippen molar-refractivity contribution < 1.29 is 9.47 Å². The molecular weight excluding hydrogens is 354 g/mol. The molecule has 2 N–H and O–H groups in total. The van der Waals surface area contributed by atoms with Crippen molar-refractivity contribution >= 4 is 5.96 Å². The summed E-state index contributed by atoms with van der Waals surface area (Å²) in [5, 5.41) is 7.26. The van der Waals surface area contributed by atoms with Crippen molar-refractivity contribution in [3.63, 3.8) is 0 Å². The predicted molar refractivity (Wildman–Crippen MR) is 114 cm³/mol. The van der Waals surface area contributed by atoms with E-state index in [9.17, 15) is 0 Å². The van der Waals surface area contributed by atoms with Crippen molar-refractivity contribution in [2.45, 2.75) is 56.5 Å². The molecule has 162 valence electrons. The quantitative estimate of drug-likeness (QED) is 0.477. The minimum absolute atomic E-state index is 0.261. The van der Waals surface area contributed by atoms with Crippen molar-refractivity contribution in [3.05, 3.63) is 0 Å². The maximum absolute atomic E-state index is 5.60. The van der Waals surface area contributed by atoms with Crippen LogP contribution in [0.25, 0.3) is 0 Å². The van der Waals surface area contributed by atoms with Gasteiger partial charge in [-0.2, -0.15) is 0 Å². The lowest BCUT2D eigenvalue weighted by Crippen LogP contribution is -2.60. The molecule has 7 heteroatoms. The second-order valence-electron chi connectivity index (χ2n) is 8.52. The second kappa shape index (κ2) is 11.3. The first-order valence-electron chi connectivity index (χ1n) is 11.3. The molecule has 3 rings (SSSR count). The Hall–Kier alpha value is -0.890. The molecule has 0 aromatic heterocycles. The molecule has 3 aliphatic rings. The molecule has 2 aliphatic heterocycles. The summed E-state index contributed by atoms with van der Waals surface area (Å²) in [5.41, 5.74) is 0.261. The van der Waals surface area contributed by atoms with Gasteiger partial charge in [-0.15, -0.1) is 0 Å². The Morgan fingerprint density at radius 1 is 1.11 bits per heavy atom. The number of methoxy groups -OCH3 is 1. The molecule has 0 radical (unpaired) electrons. The fourth-order valence-corrected chi connectivity index (χ4v) is 5.16. The number of guanidine groups is 1. The third-order valence-corrected chi connectivity index (χ3v) is 6.86. The molecule has 3 fully saturated rings. The first kappa shape index (κ1) is 21.8. The summed E-state index contributed by atoms with van der Waals surface area (Å²) in [7, 11) is 3.67. The molecule has 7 nitrogen and oxygen atoms in total. The molecule has 1 aliphatic carbocycles. The van der Waals surface area contributed by atoms with Crippen LogP contribution in [0, 0.1) is 0 Å². The predicted octanol–water partition coefficient (Wildman–Crippen LogP) is 1.30. The summed E-state index contributed by atoms with van der Waals surface area (Å²) in [5.74, 6) is 0.941. The van der Waals surface area contributed by atoms with Crippen LogP contribution in [0.3, 0.4) is 0 Å². The molecule has 2 saturated heterocycles. The van der Waals surface area contributed by atoms with Gasteiger partial charge in [-0.05, 0) is 32.2 Å². The van der Waals surface area contributed by atoms with Gasteiger partial charge in [0.1, 0.15) is 0 Å². The average molecular weight is 396 g/mol. The molecule has 1 saturated carbocycles. The highest BCUT2D eigenvalue weighted by Crippen LogP contribution is 2.33. The Morgan fingerprint density at radius 2 is 1.89 bits per heavy atom. The van der Waals surface area contributed by atoms with E-state index in [1.807, 2.05) is 7.05 Å². The zero-order chi connectivity index (χ0) is 19.7. The zero-order valence-corrected chi connectivity index (χ0v) is 18.0. The first-order chi connectivity index (χ1) is 13.8. The normalized spacial score (nSPS) is 27.1. The first-order valence-corrected chi connectivity index (χ1v) is 11.3. The Labute approximate surface area is 171 Å². The van der Waals surface area contributed by atoms with Gasteiger partial charge in [0.25, 0.3) is 0 Å². The largest absolute Gasteiger partial charge is 0.383 e. The monoisotopic (exact) mass is 395 g/mol. The number of nitrogens with zero attached hydrogens (tertiary/aromatic N) is 3. The fraction of sp³-hybridized carbons (Fsp3) is 0.952. The van der Waals surface area contributed by atoms with Crippen molar-refractivity contribution in [2.24, 2.45) is 4.99 Å². The molecule has 0 bridgehead atoms. The summed E-state index contributed by atoms with van der Waals surface area (Å²) in [6, 6.07) is 0.580. The van der Waals surface area contributed by atoms with Gasteiger partial charge in [-0.25, -0.2) is 0 Å². The smallest absolute Gasteiger partial charge is 0.191 e. The van der Waals surface area contributed by atoms with E-state index >= 15 is 0 Å². The number of nitrogens with one attached hydrogen (secondary N) is 2. The summed E-state index contributed by atoms with van der Waals surface area (Å²) in [6.45, 7) is 8.80. The highest BCUT2D eigenvalue weighted by Gasteiger charge is 2.38. The van der Waals surface area contributed by atoms with Crippen LogP contribution in [0.1, 0.15) is 44.9 Å². The van der Waals surface area contributed by atoms with Gasteiger partial charge < -0.3 is 20.1 Å². The Balaban J connectivity index is 1.50. The van der Waals surface area contributed by atoms with E-state index in [1.165, 1.54) is 51.5 Å². The third-order valence-electron chi connectivity index (χ3n) is 6.86. The Kier molecular flexibility index (Phi) is 8.83. The van der Waals surface area contributed by atoms with Gasteiger partial charge in [-0.1, -0.05) is 19.3 Å². The summed E-state index contributed by atoms with van der Waals surface area (Å²) in [4.78, 5) is 9.73. The van der Waals surface area contributed by atoms with Crippen molar-refractivity contribution in [1.82, 2.24) is 20.4 Å². The van der Waals surface area contributed by atoms with Crippen molar-refractivity contribution in [1.29, 1.82) is 0 Å². The SMILES string of the molecule is CN=C(NCC1CCCN1CCOC)NCC1(N2CCOCC2)CCCCC1. The molecule has 2 heterocycles. The van der Waals surface area contributed by atoms with Crippen LogP contribution in [-0.2, 0) is 9.47 Å². The minimum Gasteiger partial charge on any atom is -0.383 e. The van der Waals surface area contributed by atoms with Gasteiger partial charge >= 0.3 is 0 Å². The molecule has 28 heavy (non-hydrogen) atoms. The number of hydrogen-bond acceptors (Lipinski definition) is 5. The lowest BCUT2D eigenvalue weighted by Gasteiger charge is -2.48. The summed E-state index contributed by atoms with van der Waals surface area (Å²) in [6.07, 6.45) is 9.14. The maximum Gasteiger partial charge on any atom is 0.191 e. The molecule has 1 atom stereocenters. The highest BCUT2D eigenvalue weighted by atomic mass is 16.5. The van der Waals surface area contributed by atoms with Crippen LogP contribution >= 0.6 is 0 Å². The lowest BCUT2D eigenvalue weighted by molar-refractivity contribution is -0.0352. The van der Waals surface area contributed by atoms with Gasteiger partial charge in [0.05, 0.1) is 19.8 Å². The van der Waals surface area contributed by atoms with Gasteiger partial charge in [0, 0.05) is 58.5 Å². The van der Waals surface area contributed by atoms with Crippen LogP contribution in [0.4, 0.5) is 0 Å². The van der Waals surface area contributed by atoms with Crippen LogP contribution in [0.5, 0.6) is 0 Å². The van der Waals surface area contributed by atoms with Gasteiger partial charge in [0.2, 0.25) is 0 Å². The number of likely N-dealkylation sites (tertiary alicyclic amines) is 1. The van der Waals surface area contributed by atoms with E-state index in [2.05, 4.69) is 25.4 Å². The van der Waals surface area contributed by atoms with Crippen LogP contribution in [0.15, 0.2) is 4.99 Å². The molecule has 1 unspecified atom stereocenters. The molecule has 0 aromatic carbocycles. The van der Waals surface area contributed by atoms with E-state index in [-0.39, 0.29) is 5.54 Å². The van der Waals surface area contributed by atoms with Gasteiger partial charge in [0.15, 0.2) is 5.96 Å². The number of aliphatic imine (C=N–C) groups is 1. The average Bonchev–Trinajstić information content (AvgIpc) is 3.21. The zero-order valence-electron chi connectivity index (χ0n) is 18.0. The number of rotatable bonds is 8. The molecule has 0 aromatic rings. The Bertz CT molecular complexity index is 475. The van der Waals surface area contributed by atoms with Crippen molar-refractivity contribution in [3.8, 4) is 0 Å². The topological polar surface area (TPSA) is 61.4 Å². The lowest BCUT2D eigenvalue weighted by atomic mass is 9.80. The number of hydrogen-bond donors (Lipinski definition) is 2. The number of morpholine rings is 1. The van der Waals surface area contributed by atoms with E-state index < -0.39 is 0 Å². The standard InChI is InChI=1S/C21H41N5O2/c1-22-20(23-17-19-7-6-10-25(19)11-14-27-2)24-18-21(8-4-3-5-9-21)26-12-15-28-16-13-26/h19H,3-18H2,1-2H3,(H2,22,23,24). The van der Waals surface area contributed by atoms with Crippen LogP contribution in [0.2, 0.25) is 0 Å². The van der Waals surface area contributed by atoms with Crippen LogP contribution < -0.4 is 10.6 Å². The second-order valence-corrected chi connectivity index (χ2v) is 8.52.